The number of non-ortho nitro benzene ring substituents is 1. The highest BCUT2D eigenvalue weighted by Crippen LogP contribution is 2.15. The fourth-order valence-corrected chi connectivity index (χ4v) is 1.46. The van der Waals surface area contributed by atoms with E-state index in [2.05, 4.69) is 10.6 Å². The fourth-order valence-electron chi connectivity index (χ4n) is 1.46. The molecule has 1 aromatic carbocycles. The van der Waals surface area contributed by atoms with Crippen LogP contribution >= 0.6 is 0 Å². The Bertz CT molecular complexity index is 419. The molecule has 7 heteroatoms. The van der Waals surface area contributed by atoms with Crippen molar-refractivity contribution in [3.8, 4) is 0 Å². The van der Waals surface area contributed by atoms with Gasteiger partial charge in [0.1, 0.15) is 0 Å². The smallest absolute Gasteiger partial charge is 0.319 e. The number of benzene rings is 1. The summed E-state index contributed by atoms with van der Waals surface area (Å²) in [6.07, 6.45) is 2.38. The van der Waals surface area contributed by atoms with Crippen molar-refractivity contribution in [1.82, 2.24) is 5.32 Å². The number of nitro groups is 1. The van der Waals surface area contributed by atoms with Crippen molar-refractivity contribution >= 4 is 17.4 Å². The molecule has 0 radical (unpaired) electrons. The highest BCUT2D eigenvalue weighted by atomic mass is 16.6. The number of hydrogen-bond donors (Lipinski definition) is 3. The number of aliphatic hydroxyl groups excluding tert-OH is 1. The van der Waals surface area contributed by atoms with Gasteiger partial charge in [-0.05, 0) is 31.4 Å². The highest BCUT2D eigenvalue weighted by Gasteiger charge is 2.05. The summed E-state index contributed by atoms with van der Waals surface area (Å²) in [4.78, 5) is 21.4. The molecule has 3 N–H and O–H groups in total. The van der Waals surface area contributed by atoms with E-state index in [0.717, 1.165) is 19.3 Å². The summed E-state index contributed by atoms with van der Waals surface area (Å²) in [5.74, 6) is 0. The van der Waals surface area contributed by atoms with Crippen LogP contribution in [-0.4, -0.2) is 29.2 Å². The molecule has 1 rings (SSSR count). The maximum atomic E-state index is 11.5. The van der Waals surface area contributed by atoms with Gasteiger partial charge in [-0.2, -0.15) is 0 Å². The second-order valence-corrected chi connectivity index (χ2v) is 3.97. The number of unbranched alkanes of at least 4 members (excludes halogenated alkanes) is 2. The molecule has 0 fully saturated rings. The number of amides is 2. The molecule has 0 atom stereocenters. The van der Waals surface area contributed by atoms with Gasteiger partial charge in [-0.3, -0.25) is 10.1 Å². The van der Waals surface area contributed by atoms with E-state index in [9.17, 15) is 14.9 Å². The molecule has 0 unspecified atom stereocenters. The molecule has 1 aromatic rings. The molecule has 0 aliphatic heterocycles. The van der Waals surface area contributed by atoms with Gasteiger partial charge < -0.3 is 15.7 Å². The molecule has 7 nitrogen and oxygen atoms in total. The number of nitrogens with one attached hydrogen (secondary N) is 2. The van der Waals surface area contributed by atoms with Gasteiger partial charge in [0.25, 0.3) is 5.69 Å². The summed E-state index contributed by atoms with van der Waals surface area (Å²) < 4.78 is 0. The summed E-state index contributed by atoms with van der Waals surface area (Å²) in [6, 6.07) is 5.26. The van der Waals surface area contributed by atoms with Gasteiger partial charge in [-0.25, -0.2) is 4.79 Å². The lowest BCUT2D eigenvalue weighted by atomic mass is 10.2. The van der Waals surface area contributed by atoms with Crippen molar-refractivity contribution in [2.24, 2.45) is 0 Å². The van der Waals surface area contributed by atoms with Crippen LogP contribution in [0.15, 0.2) is 24.3 Å². The van der Waals surface area contributed by atoms with Crippen LogP contribution < -0.4 is 10.6 Å². The molecule has 0 spiro atoms. The average Bonchev–Trinajstić information content (AvgIpc) is 2.39. The largest absolute Gasteiger partial charge is 0.396 e. The summed E-state index contributed by atoms with van der Waals surface area (Å²) in [5, 5.41) is 24.3. The van der Waals surface area contributed by atoms with E-state index in [0.29, 0.717) is 12.2 Å². The Labute approximate surface area is 110 Å². The molecule has 0 heterocycles. The third-order valence-electron chi connectivity index (χ3n) is 2.46. The second kappa shape index (κ2) is 8.04. The fraction of sp³-hybridized carbons (Fsp3) is 0.417. The zero-order valence-corrected chi connectivity index (χ0v) is 10.5. The lowest BCUT2D eigenvalue weighted by Crippen LogP contribution is -2.29. The molecule has 0 saturated heterocycles. The molecule has 104 valence electrons. The van der Waals surface area contributed by atoms with Gasteiger partial charge in [0.15, 0.2) is 0 Å². The minimum atomic E-state index is -0.495. The van der Waals surface area contributed by atoms with E-state index in [4.69, 9.17) is 5.11 Å². The van der Waals surface area contributed by atoms with Crippen LogP contribution in [-0.2, 0) is 0 Å². The van der Waals surface area contributed by atoms with Gasteiger partial charge in [0.05, 0.1) is 4.92 Å². The van der Waals surface area contributed by atoms with Crippen LogP contribution in [0.5, 0.6) is 0 Å². The van der Waals surface area contributed by atoms with Crippen molar-refractivity contribution in [2.45, 2.75) is 19.3 Å². The van der Waals surface area contributed by atoms with E-state index in [1.54, 1.807) is 0 Å². The monoisotopic (exact) mass is 267 g/mol. The van der Waals surface area contributed by atoms with Gasteiger partial charge in [-0.1, -0.05) is 0 Å². The van der Waals surface area contributed by atoms with Gasteiger partial charge >= 0.3 is 6.03 Å². The predicted octanol–water partition coefficient (Wildman–Crippen LogP) is 1.88. The second-order valence-electron chi connectivity index (χ2n) is 3.97. The van der Waals surface area contributed by atoms with Crippen LogP contribution in [0.2, 0.25) is 0 Å². The number of urea groups is 1. The Morgan fingerprint density at radius 2 is 1.89 bits per heavy atom. The van der Waals surface area contributed by atoms with Crippen LogP contribution in [0.3, 0.4) is 0 Å². The van der Waals surface area contributed by atoms with E-state index < -0.39 is 4.92 Å². The predicted molar refractivity (Wildman–Crippen MR) is 71.1 cm³/mol. The molecule has 0 saturated carbocycles. The summed E-state index contributed by atoms with van der Waals surface area (Å²) in [7, 11) is 0. The van der Waals surface area contributed by atoms with Gasteiger partial charge in [0.2, 0.25) is 0 Å². The maximum absolute atomic E-state index is 11.5. The number of anilines is 1. The molecule has 2 amide bonds. The Morgan fingerprint density at radius 3 is 2.47 bits per heavy atom. The van der Waals surface area contributed by atoms with Crippen LogP contribution in [0.1, 0.15) is 19.3 Å². The normalized spacial score (nSPS) is 9.95. The Balaban J connectivity index is 2.30. The standard InChI is InChI=1S/C12H17N3O4/c16-9-3-1-2-8-13-12(17)14-10-4-6-11(7-5-10)15(18)19/h4-7,16H,1-3,8-9H2,(H2,13,14,17). The first-order valence-corrected chi connectivity index (χ1v) is 6.03. The lowest BCUT2D eigenvalue weighted by molar-refractivity contribution is -0.384. The molecular weight excluding hydrogens is 250 g/mol. The van der Waals surface area contributed by atoms with E-state index in [-0.39, 0.29) is 18.3 Å². The highest BCUT2D eigenvalue weighted by molar-refractivity contribution is 5.89. The maximum Gasteiger partial charge on any atom is 0.319 e. The van der Waals surface area contributed by atoms with Crippen molar-refractivity contribution in [2.75, 3.05) is 18.5 Å². The lowest BCUT2D eigenvalue weighted by Gasteiger charge is -2.07. The van der Waals surface area contributed by atoms with E-state index in [1.165, 1.54) is 24.3 Å². The SMILES string of the molecule is O=C(NCCCCCO)Nc1ccc([N+](=O)[O-])cc1. The summed E-state index contributed by atoms with van der Waals surface area (Å²) >= 11 is 0. The molecular formula is C12H17N3O4. The number of carbonyl (C=O) groups is 1. The first kappa shape index (κ1) is 14.9. The third-order valence-corrected chi connectivity index (χ3v) is 2.46. The number of nitro benzene ring substituents is 1. The van der Waals surface area contributed by atoms with Crippen LogP contribution in [0, 0.1) is 10.1 Å². The number of aliphatic hydroxyl groups is 1. The van der Waals surface area contributed by atoms with Crippen molar-refractivity contribution < 1.29 is 14.8 Å². The number of carbonyl (C=O) groups excluding carboxylic acids is 1. The minimum Gasteiger partial charge on any atom is -0.396 e. The zero-order valence-electron chi connectivity index (χ0n) is 10.5. The number of rotatable bonds is 7. The molecule has 0 aromatic heterocycles. The Kier molecular flexibility index (Phi) is 6.31. The van der Waals surface area contributed by atoms with Crippen LogP contribution in [0.4, 0.5) is 16.2 Å². The number of nitrogens with zero attached hydrogens (tertiary/aromatic N) is 1. The van der Waals surface area contributed by atoms with Crippen LogP contribution in [0.25, 0.3) is 0 Å². The summed E-state index contributed by atoms with van der Waals surface area (Å²) in [5.41, 5.74) is 0.480. The van der Waals surface area contributed by atoms with Crippen molar-refractivity contribution in [3.63, 3.8) is 0 Å². The minimum absolute atomic E-state index is 0.0186. The van der Waals surface area contributed by atoms with Gasteiger partial charge in [0, 0.05) is 31.0 Å². The quantitative estimate of drug-likeness (QED) is 0.398. The van der Waals surface area contributed by atoms with Crippen molar-refractivity contribution in [3.05, 3.63) is 34.4 Å². The summed E-state index contributed by atoms with van der Waals surface area (Å²) in [6.45, 7) is 0.688. The zero-order chi connectivity index (χ0) is 14.1. The molecule has 0 aliphatic carbocycles. The average molecular weight is 267 g/mol. The molecule has 0 aliphatic rings. The van der Waals surface area contributed by atoms with E-state index >= 15 is 0 Å². The molecule has 0 bridgehead atoms. The molecule has 19 heavy (non-hydrogen) atoms. The van der Waals surface area contributed by atoms with Crippen molar-refractivity contribution in [1.29, 1.82) is 0 Å². The first-order valence-electron chi connectivity index (χ1n) is 6.03. The number of hydrogen-bond acceptors (Lipinski definition) is 4. The first-order chi connectivity index (χ1) is 9.13. The third kappa shape index (κ3) is 5.82. The topological polar surface area (TPSA) is 104 Å². The Hall–Kier alpha value is -2.15. The Morgan fingerprint density at radius 1 is 1.21 bits per heavy atom. The van der Waals surface area contributed by atoms with E-state index in [1.807, 2.05) is 0 Å². The van der Waals surface area contributed by atoms with Gasteiger partial charge in [-0.15, -0.1) is 0 Å².